The Morgan fingerprint density at radius 2 is 2.20 bits per heavy atom. The molecule has 86 valence electrons. The zero-order valence-electron chi connectivity index (χ0n) is 9.55. The number of thiophene rings is 1. The van der Waals surface area contributed by atoms with Gasteiger partial charge in [0.25, 0.3) is 0 Å². The molecule has 3 N–H and O–H groups in total. The largest absolute Gasteiger partial charge is 0.395 e. The van der Waals surface area contributed by atoms with Crippen LogP contribution in [0.25, 0.3) is 0 Å². The fourth-order valence-corrected chi connectivity index (χ4v) is 2.68. The minimum atomic E-state index is 0.0580. The molecule has 3 atom stereocenters. The van der Waals surface area contributed by atoms with Crippen LogP contribution in [0.1, 0.15) is 24.8 Å². The maximum atomic E-state index is 9.15. The van der Waals surface area contributed by atoms with E-state index in [-0.39, 0.29) is 24.7 Å². The van der Waals surface area contributed by atoms with Crippen LogP contribution >= 0.6 is 11.3 Å². The van der Waals surface area contributed by atoms with Crippen LogP contribution in [0.2, 0.25) is 0 Å². The normalized spacial score (nSPS) is 17.7. The van der Waals surface area contributed by atoms with Gasteiger partial charge in [0, 0.05) is 17.0 Å². The third-order valence-corrected chi connectivity index (χ3v) is 3.67. The second kappa shape index (κ2) is 5.61. The third kappa shape index (κ3) is 3.01. The van der Waals surface area contributed by atoms with Crippen molar-refractivity contribution in [1.82, 2.24) is 4.90 Å². The highest BCUT2D eigenvalue weighted by atomic mass is 32.1. The summed E-state index contributed by atoms with van der Waals surface area (Å²) < 4.78 is 0. The van der Waals surface area contributed by atoms with Crippen LogP contribution in [0.15, 0.2) is 17.5 Å². The van der Waals surface area contributed by atoms with E-state index in [0.29, 0.717) is 0 Å². The van der Waals surface area contributed by atoms with Crippen molar-refractivity contribution >= 4 is 11.3 Å². The molecule has 4 heteroatoms. The van der Waals surface area contributed by atoms with Gasteiger partial charge in [0.2, 0.25) is 0 Å². The third-order valence-electron chi connectivity index (χ3n) is 2.73. The van der Waals surface area contributed by atoms with Crippen LogP contribution in [0.4, 0.5) is 0 Å². The highest BCUT2D eigenvalue weighted by molar-refractivity contribution is 7.10. The van der Waals surface area contributed by atoms with E-state index >= 15 is 0 Å². The number of likely N-dealkylation sites (N-methyl/N-ethyl adjacent to an activating group) is 1. The molecule has 0 saturated heterocycles. The molecule has 0 amide bonds. The summed E-state index contributed by atoms with van der Waals surface area (Å²) in [6.07, 6.45) is 0. The van der Waals surface area contributed by atoms with Crippen molar-refractivity contribution in [3.8, 4) is 0 Å². The Balaban J connectivity index is 2.84. The van der Waals surface area contributed by atoms with Gasteiger partial charge in [-0.25, -0.2) is 0 Å². The second-order valence-electron chi connectivity index (χ2n) is 4.02. The molecule has 3 unspecified atom stereocenters. The van der Waals surface area contributed by atoms with E-state index in [2.05, 4.69) is 16.3 Å². The number of rotatable bonds is 5. The summed E-state index contributed by atoms with van der Waals surface area (Å²) in [5.41, 5.74) is 6.00. The first kappa shape index (κ1) is 12.6. The fourth-order valence-electron chi connectivity index (χ4n) is 1.69. The lowest BCUT2D eigenvalue weighted by Crippen LogP contribution is -2.42. The second-order valence-corrected chi connectivity index (χ2v) is 5.00. The van der Waals surface area contributed by atoms with Crippen molar-refractivity contribution in [2.75, 3.05) is 13.7 Å². The molecule has 0 aromatic carbocycles. The van der Waals surface area contributed by atoms with Crippen molar-refractivity contribution in [3.05, 3.63) is 22.4 Å². The highest BCUT2D eigenvalue weighted by Crippen LogP contribution is 2.27. The van der Waals surface area contributed by atoms with Crippen LogP contribution in [0.3, 0.4) is 0 Å². The Morgan fingerprint density at radius 3 is 2.60 bits per heavy atom. The topological polar surface area (TPSA) is 49.5 Å². The molecule has 3 nitrogen and oxygen atoms in total. The van der Waals surface area contributed by atoms with Crippen molar-refractivity contribution in [2.45, 2.75) is 32.0 Å². The molecule has 1 aromatic heterocycles. The number of hydrogen-bond donors (Lipinski definition) is 2. The van der Waals surface area contributed by atoms with Crippen LogP contribution in [-0.2, 0) is 0 Å². The average Bonchev–Trinajstić information content (AvgIpc) is 2.69. The maximum Gasteiger partial charge on any atom is 0.0591 e. The predicted octanol–water partition coefficient (Wildman–Crippen LogP) is 1.45. The van der Waals surface area contributed by atoms with Gasteiger partial charge in [-0.2, -0.15) is 0 Å². The summed E-state index contributed by atoms with van der Waals surface area (Å²) in [4.78, 5) is 3.39. The summed E-state index contributed by atoms with van der Waals surface area (Å²) >= 11 is 1.71. The predicted molar refractivity (Wildman–Crippen MR) is 65.0 cm³/mol. The molecule has 0 aliphatic carbocycles. The van der Waals surface area contributed by atoms with Gasteiger partial charge < -0.3 is 10.8 Å². The highest BCUT2D eigenvalue weighted by Gasteiger charge is 2.25. The molecule has 0 aliphatic rings. The molecule has 0 radical (unpaired) electrons. The molecule has 0 saturated carbocycles. The molecular weight excluding hydrogens is 208 g/mol. The van der Waals surface area contributed by atoms with Crippen molar-refractivity contribution in [3.63, 3.8) is 0 Å². The van der Waals surface area contributed by atoms with Crippen LogP contribution in [0.5, 0.6) is 0 Å². The lowest BCUT2D eigenvalue weighted by molar-refractivity contribution is 0.111. The van der Waals surface area contributed by atoms with Gasteiger partial charge in [0.15, 0.2) is 0 Å². The molecule has 1 heterocycles. The van der Waals surface area contributed by atoms with Crippen molar-refractivity contribution in [1.29, 1.82) is 0 Å². The first-order valence-corrected chi connectivity index (χ1v) is 6.07. The number of nitrogens with two attached hydrogens (primary N) is 1. The zero-order valence-corrected chi connectivity index (χ0v) is 10.4. The van der Waals surface area contributed by atoms with Crippen LogP contribution in [-0.4, -0.2) is 35.7 Å². The zero-order chi connectivity index (χ0) is 11.4. The van der Waals surface area contributed by atoms with E-state index in [4.69, 9.17) is 10.8 Å². The number of hydrogen-bond acceptors (Lipinski definition) is 4. The summed E-state index contributed by atoms with van der Waals surface area (Å²) in [6, 6.07) is 4.50. The molecular formula is C11H20N2OS. The standard InChI is InChI=1S/C11H20N2OS/c1-8(7-14)13(3)11(9(2)12)10-5-4-6-15-10/h4-6,8-9,11,14H,7,12H2,1-3H3. The summed E-state index contributed by atoms with van der Waals surface area (Å²) in [6.45, 7) is 4.17. The summed E-state index contributed by atoms with van der Waals surface area (Å²) in [7, 11) is 2.01. The van der Waals surface area contributed by atoms with Gasteiger partial charge in [-0.3, -0.25) is 4.90 Å². The summed E-state index contributed by atoms with van der Waals surface area (Å²) in [5.74, 6) is 0. The van der Waals surface area contributed by atoms with E-state index < -0.39 is 0 Å². The first-order chi connectivity index (χ1) is 7.07. The fraction of sp³-hybridized carbons (Fsp3) is 0.636. The number of aliphatic hydroxyl groups excluding tert-OH is 1. The Morgan fingerprint density at radius 1 is 1.53 bits per heavy atom. The van der Waals surface area contributed by atoms with Crippen LogP contribution < -0.4 is 5.73 Å². The Labute approximate surface area is 95.5 Å². The number of nitrogens with zero attached hydrogens (tertiary/aromatic N) is 1. The minimum absolute atomic E-state index is 0.0580. The number of aliphatic hydroxyl groups is 1. The van der Waals surface area contributed by atoms with Gasteiger partial charge in [0.1, 0.15) is 0 Å². The minimum Gasteiger partial charge on any atom is -0.395 e. The van der Waals surface area contributed by atoms with E-state index in [9.17, 15) is 0 Å². The maximum absolute atomic E-state index is 9.15. The van der Waals surface area contributed by atoms with E-state index in [1.54, 1.807) is 11.3 Å². The van der Waals surface area contributed by atoms with E-state index in [1.165, 1.54) is 4.88 Å². The quantitative estimate of drug-likeness (QED) is 0.802. The summed E-state index contributed by atoms with van der Waals surface area (Å²) in [5, 5.41) is 11.2. The molecule has 0 aliphatic heterocycles. The average molecular weight is 228 g/mol. The smallest absolute Gasteiger partial charge is 0.0591 e. The molecule has 1 rings (SSSR count). The van der Waals surface area contributed by atoms with Crippen molar-refractivity contribution in [2.24, 2.45) is 5.73 Å². The SMILES string of the molecule is CC(N)C(c1cccs1)N(C)C(C)CO. The molecule has 0 bridgehead atoms. The van der Waals surface area contributed by atoms with Gasteiger partial charge >= 0.3 is 0 Å². The molecule has 1 aromatic rings. The van der Waals surface area contributed by atoms with E-state index in [0.717, 1.165) is 0 Å². The first-order valence-electron chi connectivity index (χ1n) is 5.19. The van der Waals surface area contributed by atoms with Gasteiger partial charge in [-0.05, 0) is 32.3 Å². The molecule has 15 heavy (non-hydrogen) atoms. The Kier molecular flexibility index (Phi) is 4.73. The lowest BCUT2D eigenvalue weighted by Gasteiger charge is -2.34. The Bertz CT molecular complexity index is 274. The van der Waals surface area contributed by atoms with E-state index in [1.807, 2.05) is 27.0 Å². The van der Waals surface area contributed by atoms with Crippen molar-refractivity contribution < 1.29 is 5.11 Å². The van der Waals surface area contributed by atoms with Gasteiger partial charge in [-0.15, -0.1) is 11.3 Å². The Hall–Kier alpha value is -0.420. The lowest BCUT2D eigenvalue weighted by atomic mass is 10.1. The molecule has 0 fully saturated rings. The van der Waals surface area contributed by atoms with Gasteiger partial charge in [-0.1, -0.05) is 6.07 Å². The molecule has 0 spiro atoms. The van der Waals surface area contributed by atoms with Gasteiger partial charge in [0.05, 0.1) is 12.6 Å². The van der Waals surface area contributed by atoms with Crippen LogP contribution in [0, 0.1) is 0 Å². The monoisotopic (exact) mass is 228 g/mol.